The van der Waals surface area contributed by atoms with E-state index in [2.05, 4.69) is 4.98 Å². The first-order chi connectivity index (χ1) is 12.6. The van der Waals surface area contributed by atoms with Gasteiger partial charge in [0.25, 0.3) is 5.91 Å². The first-order valence-electron chi connectivity index (χ1n) is 9.15. The number of likely N-dealkylation sites (tertiary alicyclic amines) is 1. The molecular weight excluding hydrogens is 328 g/mol. The predicted octanol–water partition coefficient (Wildman–Crippen LogP) is 2.98. The molecular formula is C21H24N2O3. The molecule has 4 rings (SSSR count). The van der Waals surface area contributed by atoms with Gasteiger partial charge in [0.1, 0.15) is 5.60 Å². The van der Waals surface area contributed by atoms with E-state index in [0.717, 1.165) is 29.7 Å². The largest absolute Gasteiger partial charge is 0.372 e. The van der Waals surface area contributed by atoms with Crippen LogP contribution in [-0.2, 0) is 16.1 Å². The van der Waals surface area contributed by atoms with Crippen LogP contribution in [0.1, 0.15) is 34.5 Å². The van der Waals surface area contributed by atoms with Gasteiger partial charge in [-0.25, -0.2) is 0 Å². The number of carbonyl (C=O) groups excluding carboxylic acids is 1. The standard InChI is InChI=1S/C21H24N2O3/c1-16-5-4-6-17(11-16)20(24)23-14-21(15-23)12-19(8-10-26-21)25-13-18-7-2-3-9-22-18/h2-7,9,11,19H,8,10,12-15H2,1H3/t19-/m0/s1. The summed E-state index contributed by atoms with van der Waals surface area (Å²) in [5.74, 6) is 0.0828. The van der Waals surface area contributed by atoms with Gasteiger partial charge in [-0.2, -0.15) is 0 Å². The number of pyridine rings is 1. The molecule has 0 bridgehead atoms. The van der Waals surface area contributed by atoms with Gasteiger partial charge in [0.05, 0.1) is 31.5 Å². The minimum absolute atomic E-state index is 0.0828. The third-order valence-corrected chi connectivity index (χ3v) is 5.15. The molecule has 0 aliphatic carbocycles. The molecule has 2 aliphatic rings. The van der Waals surface area contributed by atoms with Gasteiger partial charge in [-0.05, 0) is 37.6 Å². The van der Waals surface area contributed by atoms with Crippen LogP contribution in [-0.4, -0.2) is 47.2 Å². The zero-order valence-electron chi connectivity index (χ0n) is 15.1. The van der Waals surface area contributed by atoms with Crippen molar-refractivity contribution < 1.29 is 14.3 Å². The van der Waals surface area contributed by atoms with Crippen LogP contribution in [0.3, 0.4) is 0 Å². The van der Waals surface area contributed by atoms with Gasteiger partial charge in [-0.15, -0.1) is 0 Å². The molecule has 3 heterocycles. The number of aromatic nitrogens is 1. The first-order valence-corrected chi connectivity index (χ1v) is 9.15. The Bertz CT molecular complexity index is 772. The van der Waals surface area contributed by atoms with Crippen LogP contribution in [0.25, 0.3) is 0 Å². The summed E-state index contributed by atoms with van der Waals surface area (Å²) in [6.45, 7) is 4.49. The predicted molar refractivity (Wildman–Crippen MR) is 97.8 cm³/mol. The second-order valence-electron chi connectivity index (χ2n) is 7.31. The molecule has 2 aromatic rings. The summed E-state index contributed by atoms with van der Waals surface area (Å²) < 4.78 is 12.1. The molecule has 1 aromatic carbocycles. The zero-order chi connectivity index (χ0) is 18.0. The second-order valence-corrected chi connectivity index (χ2v) is 7.31. The van der Waals surface area contributed by atoms with E-state index in [1.165, 1.54) is 0 Å². The molecule has 0 saturated carbocycles. The van der Waals surface area contributed by atoms with Crippen molar-refractivity contribution in [3.63, 3.8) is 0 Å². The van der Waals surface area contributed by atoms with Crippen molar-refractivity contribution in [2.45, 2.75) is 38.1 Å². The van der Waals surface area contributed by atoms with Crippen molar-refractivity contribution in [1.82, 2.24) is 9.88 Å². The Morgan fingerprint density at radius 2 is 2.19 bits per heavy atom. The fourth-order valence-corrected chi connectivity index (χ4v) is 3.79. The third-order valence-electron chi connectivity index (χ3n) is 5.15. The zero-order valence-corrected chi connectivity index (χ0v) is 15.1. The van der Waals surface area contributed by atoms with Gasteiger partial charge in [-0.1, -0.05) is 23.8 Å². The molecule has 0 radical (unpaired) electrons. The summed E-state index contributed by atoms with van der Waals surface area (Å²) in [7, 11) is 0. The van der Waals surface area contributed by atoms with Crippen molar-refractivity contribution in [3.05, 3.63) is 65.5 Å². The van der Waals surface area contributed by atoms with Gasteiger partial charge < -0.3 is 14.4 Å². The number of carbonyl (C=O) groups is 1. The summed E-state index contributed by atoms with van der Waals surface area (Å²) in [4.78, 5) is 18.8. The highest BCUT2D eigenvalue weighted by Crippen LogP contribution is 2.36. The van der Waals surface area contributed by atoms with Gasteiger partial charge in [-0.3, -0.25) is 9.78 Å². The van der Waals surface area contributed by atoms with Crippen LogP contribution < -0.4 is 0 Å². The highest BCUT2D eigenvalue weighted by atomic mass is 16.5. The molecule has 2 saturated heterocycles. The second kappa shape index (κ2) is 7.17. The Hall–Kier alpha value is -2.24. The number of hydrogen-bond donors (Lipinski definition) is 0. The van der Waals surface area contributed by atoms with Crippen molar-refractivity contribution in [2.24, 2.45) is 0 Å². The maximum atomic E-state index is 12.6. The Morgan fingerprint density at radius 3 is 2.96 bits per heavy atom. The van der Waals surface area contributed by atoms with Crippen LogP contribution in [0.15, 0.2) is 48.7 Å². The lowest BCUT2D eigenvalue weighted by Crippen LogP contribution is -2.67. The van der Waals surface area contributed by atoms with Crippen molar-refractivity contribution >= 4 is 5.91 Å². The maximum Gasteiger partial charge on any atom is 0.254 e. The number of nitrogens with zero attached hydrogens (tertiary/aromatic N) is 2. The lowest BCUT2D eigenvalue weighted by Gasteiger charge is -2.53. The molecule has 26 heavy (non-hydrogen) atoms. The highest BCUT2D eigenvalue weighted by molar-refractivity contribution is 5.95. The van der Waals surface area contributed by atoms with E-state index in [1.54, 1.807) is 6.20 Å². The minimum Gasteiger partial charge on any atom is -0.372 e. The van der Waals surface area contributed by atoms with E-state index >= 15 is 0 Å². The number of rotatable bonds is 4. The summed E-state index contributed by atoms with van der Waals surface area (Å²) in [5.41, 5.74) is 2.55. The lowest BCUT2D eigenvalue weighted by atomic mass is 9.84. The number of aryl methyl sites for hydroxylation is 1. The van der Waals surface area contributed by atoms with Gasteiger partial charge in [0.2, 0.25) is 0 Å². The average Bonchev–Trinajstić information content (AvgIpc) is 2.65. The Kier molecular flexibility index (Phi) is 4.74. The van der Waals surface area contributed by atoms with E-state index in [9.17, 15) is 4.79 Å². The lowest BCUT2D eigenvalue weighted by molar-refractivity contribution is -0.188. The molecule has 2 fully saturated rings. The van der Waals surface area contributed by atoms with Gasteiger partial charge >= 0.3 is 0 Å². The summed E-state index contributed by atoms with van der Waals surface area (Å²) in [5, 5.41) is 0. The number of ether oxygens (including phenoxy) is 2. The van der Waals surface area contributed by atoms with Crippen molar-refractivity contribution in [1.29, 1.82) is 0 Å². The van der Waals surface area contributed by atoms with Crippen molar-refractivity contribution in [3.8, 4) is 0 Å². The van der Waals surface area contributed by atoms with Crippen LogP contribution in [0.4, 0.5) is 0 Å². The molecule has 1 amide bonds. The van der Waals surface area contributed by atoms with E-state index < -0.39 is 0 Å². The third kappa shape index (κ3) is 3.64. The Balaban J connectivity index is 1.32. The molecule has 2 aliphatic heterocycles. The van der Waals surface area contributed by atoms with Crippen LogP contribution in [0.5, 0.6) is 0 Å². The number of benzene rings is 1. The van der Waals surface area contributed by atoms with Crippen molar-refractivity contribution in [2.75, 3.05) is 19.7 Å². The molecule has 136 valence electrons. The van der Waals surface area contributed by atoms with Crippen LogP contribution >= 0.6 is 0 Å². The molecule has 1 atom stereocenters. The average molecular weight is 352 g/mol. The molecule has 0 N–H and O–H groups in total. The quantitative estimate of drug-likeness (QED) is 0.849. The molecule has 5 nitrogen and oxygen atoms in total. The topological polar surface area (TPSA) is 51.7 Å². The van der Waals surface area contributed by atoms with E-state index in [0.29, 0.717) is 26.3 Å². The summed E-state index contributed by atoms with van der Waals surface area (Å²) in [6, 6.07) is 13.6. The normalized spacial score (nSPS) is 21.4. The Morgan fingerprint density at radius 1 is 1.31 bits per heavy atom. The van der Waals surface area contributed by atoms with E-state index in [4.69, 9.17) is 9.47 Å². The minimum atomic E-state index is -0.244. The highest BCUT2D eigenvalue weighted by Gasteiger charge is 2.49. The molecule has 0 unspecified atom stereocenters. The molecule has 1 spiro atoms. The fourth-order valence-electron chi connectivity index (χ4n) is 3.79. The maximum absolute atomic E-state index is 12.6. The SMILES string of the molecule is Cc1cccc(C(=O)N2CC3(C[C@@H](OCc4ccccn4)CCO3)C2)c1. The first kappa shape index (κ1) is 17.2. The van der Waals surface area contributed by atoms with Crippen LogP contribution in [0.2, 0.25) is 0 Å². The van der Waals surface area contributed by atoms with E-state index in [-0.39, 0.29) is 17.6 Å². The van der Waals surface area contributed by atoms with Gasteiger partial charge in [0, 0.05) is 24.8 Å². The smallest absolute Gasteiger partial charge is 0.254 e. The number of amides is 1. The summed E-state index contributed by atoms with van der Waals surface area (Å²) >= 11 is 0. The Labute approximate surface area is 153 Å². The monoisotopic (exact) mass is 352 g/mol. The van der Waals surface area contributed by atoms with Crippen LogP contribution in [0, 0.1) is 6.92 Å². The number of hydrogen-bond acceptors (Lipinski definition) is 4. The molecule has 5 heteroatoms. The summed E-state index contributed by atoms with van der Waals surface area (Å²) in [6.07, 6.45) is 3.66. The van der Waals surface area contributed by atoms with Gasteiger partial charge in [0.15, 0.2) is 0 Å². The fraction of sp³-hybridized carbons (Fsp3) is 0.429. The molecule has 1 aromatic heterocycles. The van der Waals surface area contributed by atoms with E-state index in [1.807, 2.05) is 54.3 Å².